The van der Waals surface area contributed by atoms with Crippen LogP contribution in [0.3, 0.4) is 0 Å². The predicted molar refractivity (Wildman–Crippen MR) is 123 cm³/mol. The fraction of sp³-hybridized carbons (Fsp3) is 0.522. The van der Waals surface area contributed by atoms with E-state index in [1.165, 1.54) is 21.3 Å². The van der Waals surface area contributed by atoms with Crippen LogP contribution in [0.2, 0.25) is 0 Å². The molecule has 0 aromatic heterocycles. The van der Waals surface area contributed by atoms with Crippen molar-refractivity contribution in [2.75, 3.05) is 60.7 Å². The SMILES string of the molecule is CCOC(=O)C1=C(CN2CCN(C(C)=O)CC2)NC(=O)N[C@H]1c1cc(OC)c(OC)cc1OC. The number of piperazine rings is 1. The summed E-state index contributed by atoms with van der Waals surface area (Å²) in [5.74, 6) is 0.780. The minimum absolute atomic E-state index is 0.0295. The molecule has 11 nitrogen and oxygen atoms in total. The first-order valence-electron chi connectivity index (χ1n) is 11.1. The lowest BCUT2D eigenvalue weighted by atomic mass is 9.93. The molecule has 1 fully saturated rings. The van der Waals surface area contributed by atoms with Gasteiger partial charge in [-0.15, -0.1) is 0 Å². The number of amides is 3. The van der Waals surface area contributed by atoms with Crippen LogP contribution >= 0.6 is 0 Å². The van der Waals surface area contributed by atoms with Gasteiger partial charge < -0.3 is 34.5 Å². The molecule has 11 heteroatoms. The molecule has 1 atom stereocenters. The largest absolute Gasteiger partial charge is 0.496 e. The fourth-order valence-electron chi connectivity index (χ4n) is 4.15. The number of benzene rings is 1. The number of carbonyl (C=O) groups excluding carboxylic acids is 3. The molecule has 34 heavy (non-hydrogen) atoms. The lowest BCUT2D eigenvalue weighted by Gasteiger charge is -2.36. The van der Waals surface area contributed by atoms with Gasteiger partial charge in [-0.2, -0.15) is 0 Å². The Morgan fingerprint density at radius 2 is 1.62 bits per heavy atom. The van der Waals surface area contributed by atoms with Crippen LogP contribution in [-0.4, -0.2) is 88.4 Å². The van der Waals surface area contributed by atoms with Gasteiger partial charge in [0.15, 0.2) is 11.5 Å². The zero-order valence-electron chi connectivity index (χ0n) is 20.2. The first-order valence-corrected chi connectivity index (χ1v) is 11.1. The fourth-order valence-corrected chi connectivity index (χ4v) is 4.15. The molecule has 0 radical (unpaired) electrons. The number of nitrogens with zero attached hydrogens (tertiary/aromatic N) is 2. The number of nitrogens with one attached hydrogen (secondary N) is 2. The van der Waals surface area contributed by atoms with Crippen LogP contribution in [0.15, 0.2) is 23.4 Å². The summed E-state index contributed by atoms with van der Waals surface area (Å²) in [6.45, 7) is 6.16. The smallest absolute Gasteiger partial charge is 0.338 e. The van der Waals surface area contributed by atoms with Crippen LogP contribution < -0.4 is 24.8 Å². The molecular formula is C23H32N4O7. The van der Waals surface area contributed by atoms with Crippen LogP contribution in [0, 0.1) is 0 Å². The van der Waals surface area contributed by atoms with Crippen molar-refractivity contribution in [3.8, 4) is 17.2 Å². The standard InChI is InChI=1S/C23H32N4O7/c1-6-34-22(29)20-16(13-26-7-9-27(10-8-26)14(2)28)24-23(30)25-21(20)15-11-18(32-4)19(33-5)12-17(15)31-3/h11-12,21H,6-10,13H2,1-5H3,(H2,24,25,30)/t21-/m0/s1. The number of carbonyl (C=O) groups is 3. The average Bonchev–Trinajstić information content (AvgIpc) is 2.83. The maximum atomic E-state index is 13.1. The Kier molecular flexibility index (Phi) is 8.21. The molecule has 2 heterocycles. The maximum absolute atomic E-state index is 13.1. The Morgan fingerprint density at radius 1 is 1.00 bits per heavy atom. The van der Waals surface area contributed by atoms with Crippen molar-refractivity contribution >= 4 is 17.9 Å². The van der Waals surface area contributed by atoms with Gasteiger partial charge >= 0.3 is 12.0 Å². The van der Waals surface area contributed by atoms with Gasteiger partial charge in [0, 0.05) is 57.0 Å². The molecule has 0 unspecified atom stereocenters. The van der Waals surface area contributed by atoms with E-state index in [4.69, 9.17) is 18.9 Å². The highest BCUT2D eigenvalue weighted by Crippen LogP contribution is 2.41. The molecule has 1 aromatic rings. The lowest BCUT2D eigenvalue weighted by molar-refractivity contribution is -0.139. The summed E-state index contributed by atoms with van der Waals surface area (Å²) in [5.41, 5.74) is 1.25. The van der Waals surface area contributed by atoms with E-state index in [9.17, 15) is 14.4 Å². The Labute approximate surface area is 198 Å². The van der Waals surface area contributed by atoms with Crippen LogP contribution in [0.5, 0.6) is 17.2 Å². The van der Waals surface area contributed by atoms with Gasteiger partial charge in [-0.05, 0) is 13.0 Å². The number of rotatable bonds is 8. The molecule has 1 aromatic carbocycles. The zero-order chi connectivity index (χ0) is 24.8. The summed E-state index contributed by atoms with van der Waals surface area (Å²) in [7, 11) is 4.51. The molecule has 3 amide bonds. The van der Waals surface area contributed by atoms with Gasteiger partial charge in [0.25, 0.3) is 0 Å². The summed E-state index contributed by atoms with van der Waals surface area (Å²) in [4.78, 5) is 41.3. The van der Waals surface area contributed by atoms with E-state index in [-0.39, 0.29) is 18.1 Å². The van der Waals surface area contributed by atoms with Crippen molar-refractivity contribution < 1.29 is 33.3 Å². The Hall–Kier alpha value is -3.47. The van der Waals surface area contributed by atoms with Gasteiger partial charge in [-0.25, -0.2) is 9.59 Å². The molecule has 0 aliphatic carbocycles. The summed E-state index contributed by atoms with van der Waals surface area (Å²) < 4.78 is 21.7. The number of urea groups is 1. The van der Waals surface area contributed by atoms with Gasteiger partial charge in [0.1, 0.15) is 5.75 Å². The number of methoxy groups -OCH3 is 3. The summed E-state index contributed by atoms with van der Waals surface area (Å²) in [5, 5.41) is 5.60. The van der Waals surface area contributed by atoms with Crippen molar-refractivity contribution in [3.63, 3.8) is 0 Å². The third-order valence-corrected chi connectivity index (χ3v) is 5.90. The van der Waals surface area contributed by atoms with Gasteiger partial charge in [-0.1, -0.05) is 0 Å². The first kappa shape index (κ1) is 25.2. The highest BCUT2D eigenvalue weighted by Gasteiger charge is 2.37. The summed E-state index contributed by atoms with van der Waals surface area (Å²) >= 11 is 0. The molecular weight excluding hydrogens is 444 g/mol. The highest BCUT2D eigenvalue weighted by atomic mass is 16.5. The van der Waals surface area contributed by atoms with Crippen LogP contribution in [-0.2, 0) is 14.3 Å². The minimum Gasteiger partial charge on any atom is -0.496 e. The van der Waals surface area contributed by atoms with E-state index in [0.717, 1.165) is 0 Å². The Balaban J connectivity index is 2.03. The second-order valence-corrected chi connectivity index (χ2v) is 7.88. The van der Waals surface area contributed by atoms with Crippen molar-refractivity contribution in [1.29, 1.82) is 0 Å². The molecule has 186 valence electrons. The zero-order valence-corrected chi connectivity index (χ0v) is 20.2. The van der Waals surface area contributed by atoms with Crippen LogP contribution in [0.25, 0.3) is 0 Å². The van der Waals surface area contributed by atoms with Crippen LogP contribution in [0.1, 0.15) is 25.5 Å². The third kappa shape index (κ3) is 5.36. The number of hydrogen-bond donors (Lipinski definition) is 2. The number of ether oxygens (including phenoxy) is 4. The van der Waals surface area contributed by atoms with Crippen LogP contribution in [0.4, 0.5) is 4.79 Å². The summed E-state index contributed by atoms with van der Waals surface area (Å²) in [6, 6.07) is 2.03. The van der Waals surface area contributed by atoms with E-state index >= 15 is 0 Å². The molecule has 0 spiro atoms. The van der Waals surface area contributed by atoms with Gasteiger partial charge in [0.05, 0.1) is 39.6 Å². The summed E-state index contributed by atoms with van der Waals surface area (Å²) in [6.07, 6.45) is 0. The number of esters is 1. The van der Waals surface area contributed by atoms with Gasteiger partial charge in [-0.3, -0.25) is 9.69 Å². The topological polar surface area (TPSA) is 119 Å². The monoisotopic (exact) mass is 476 g/mol. The normalized spacial score (nSPS) is 18.7. The lowest BCUT2D eigenvalue weighted by Crippen LogP contribution is -2.52. The Bertz CT molecular complexity index is 970. The third-order valence-electron chi connectivity index (χ3n) is 5.90. The van der Waals surface area contributed by atoms with E-state index in [0.29, 0.717) is 61.2 Å². The van der Waals surface area contributed by atoms with E-state index < -0.39 is 18.0 Å². The van der Waals surface area contributed by atoms with Gasteiger partial charge in [0.2, 0.25) is 5.91 Å². The van der Waals surface area contributed by atoms with Crippen molar-refractivity contribution in [1.82, 2.24) is 20.4 Å². The molecule has 2 aliphatic rings. The number of hydrogen-bond acceptors (Lipinski definition) is 8. The molecule has 0 bridgehead atoms. The Morgan fingerprint density at radius 3 is 2.18 bits per heavy atom. The molecule has 2 aliphatic heterocycles. The predicted octanol–water partition coefficient (Wildman–Crippen LogP) is 1.05. The molecule has 3 rings (SSSR count). The van der Waals surface area contributed by atoms with E-state index in [2.05, 4.69) is 15.5 Å². The second kappa shape index (κ2) is 11.1. The van der Waals surface area contributed by atoms with E-state index in [1.807, 2.05) is 0 Å². The van der Waals surface area contributed by atoms with Crippen molar-refractivity contribution in [2.45, 2.75) is 19.9 Å². The average molecular weight is 477 g/mol. The van der Waals surface area contributed by atoms with Crippen molar-refractivity contribution in [2.24, 2.45) is 0 Å². The quantitative estimate of drug-likeness (QED) is 0.535. The second-order valence-electron chi connectivity index (χ2n) is 7.88. The highest BCUT2D eigenvalue weighted by molar-refractivity contribution is 5.95. The minimum atomic E-state index is -0.837. The maximum Gasteiger partial charge on any atom is 0.338 e. The molecule has 1 saturated heterocycles. The van der Waals surface area contributed by atoms with Crippen molar-refractivity contribution in [3.05, 3.63) is 29.0 Å². The molecule has 2 N–H and O–H groups in total. The molecule has 0 saturated carbocycles. The van der Waals surface area contributed by atoms with E-state index in [1.54, 1.807) is 30.9 Å². The first-order chi connectivity index (χ1) is 16.3.